The van der Waals surface area contributed by atoms with Gasteiger partial charge in [-0.1, -0.05) is 11.8 Å². The minimum atomic E-state index is -0.282. The molecule has 3 rings (SSSR count). The Hall–Kier alpha value is -2.07. The van der Waals surface area contributed by atoms with Crippen LogP contribution in [-0.2, 0) is 23.1 Å². The maximum absolute atomic E-state index is 12.1. The van der Waals surface area contributed by atoms with Crippen LogP contribution in [-0.4, -0.2) is 48.9 Å². The third-order valence-corrected chi connectivity index (χ3v) is 4.71. The number of nitrogens with zero attached hydrogens (tertiary/aromatic N) is 4. The molecular formula is C14H20N6O3S. The molecule has 1 saturated heterocycles. The Morgan fingerprint density at radius 3 is 3.08 bits per heavy atom. The standard InChI is InChI=1S/C14H20N6O3S/c1-9-6-11(19(2)18-9)15-12(21)8-24-14-17-16-13(22)20(14)7-10-4-3-5-23-10/h6,10H,3-5,7-8H2,1-2H3,(H,15,21)(H,16,22). The summed E-state index contributed by atoms with van der Waals surface area (Å²) in [5.41, 5.74) is 0.550. The molecule has 10 heteroatoms. The van der Waals surface area contributed by atoms with Gasteiger partial charge >= 0.3 is 5.69 Å². The van der Waals surface area contributed by atoms with Gasteiger partial charge in [-0.05, 0) is 19.8 Å². The lowest BCUT2D eigenvalue weighted by molar-refractivity contribution is -0.113. The van der Waals surface area contributed by atoms with Crippen molar-refractivity contribution in [2.75, 3.05) is 17.7 Å². The van der Waals surface area contributed by atoms with E-state index in [1.807, 2.05) is 6.92 Å². The number of carbonyl (C=O) groups is 1. The van der Waals surface area contributed by atoms with Crippen molar-refractivity contribution in [2.24, 2.45) is 7.05 Å². The topological polar surface area (TPSA) is 107 Å². The van der Waals surface area contributed by atoms with Crippen LogP contribution in [0.15, 0.2) is 16.0 Å². The van der Waals surface area contributed by atoms with Gasteiger partial charge in [0.1, 0.15) is 5.82 Å². The molecule has 1 atom stereocenters. The zero-order chi connectivity index (χ0) is 17.1. The Balaban J connectivity index is 1.59. The summed E-state index contributed by atoms with van der Waals surface area (Å²) in [7, 11) is 1.77. The van der Waals surface area contributed by atoms with Crippen LogP contribution < -0.4 is 11.0 Å². The summed E-state index contributed by atoms with van der Waals surface area (Å²) < 4.78 is 8.70. The van der Waals surface area contributed by atoms with Crippen LogP contribution >= 0.6 is 11.8 Å². The normalized spacial score (nSPS) is 17.3. The zero-order valence-corrected chi connectivity index (χ0v) is 14.4. The van der Waals surface area contributed by atoms with E-state index < -0.39 is 0 Å². The fraction of sp³-hybridized carbons (Fsp3) is 0.571. The number of amides is 1. The summed E-state index contributed by atoms with van der Waals surface area (Å²) in [6.45, 7) is 3.05. The smallest absolute Gasteiger partial charge is 0.344 e. The number of aryl methyl sites for hydroxylation is 2. The molecule has 2 N–H and O–H groups in total. The number of aromatic amines is 1. The zero-order valence-electron chi connectivity index (χ0n) is 13.6. The van der Waals surface area contributed by atoms with Crippen molar-refractivity contribution < 1.29 is 9.53 Å². The second kappa shape index (κ2) is 7.22. The van der Waals surface area contributed by atoms with Crippen LogP contribution in [0.4, 0.5) is 5.82 Å². The molecule has 0 saturated carbocycles. The number of nitrogens with one attached hydrogen (secondary N) is 2. The van der Waals surface area contributed by atoms with E-state index in [2.05, 4.69) is 20.6 Å². The Bertz CT molecular complexity index is 774. The average molecular weight is 352 g/mol. The number of carbonyl (C=O) groups excluding carboxylic acids is 1. The van der Waals surface area contributed by atoms with Gasteiger partial charge in [0.15, 0.2) is 5.16 Å². The van der Waals surface area contributed by atoms with E-state index in [0.717, 1.165) is 25.1 Å². The van der Waals surface area contributed by atoms with E-state index in [1.165, 1.54) is 16.3 Å². The highest BCUT2D eigenvalue weighted by atomic mass is 32.2. The van der Waals surface area contributed by atoms with Crippen molar-refractivity contribution in [2.45, 2.75) is 37.6 Å². The Kier molecular flexibility index (Phi) is 5.05. The Morgan fingerprint density at radius 2 is 2.42 bits per heavy atom. The van der Waals surface area contributed by atoms with Crippen molar-refractivity contribution in [3.63, 3.8) is 0 Å². The van der Waals surface area contributed by atoms with E-state index in [0.29, 0.717) is 17.5 Å². The van der Waals surface area contributed by atoms with E-state index in [-0.39, 0.29) is 23.5 Å². The second-order valence-electron chi connectivity index (χ2n) is 5.69. The average Bonchev–Trinajstić information content (AvgIpc) is 3.23. The number of rotatable bonds is 6. The fourth-order valence-corrected chi connectivity index (χ4v) is 3.36. The Labute approximate surface area is 142 Å². The quantitative estimate of drug-likeness (QED) is 0.734. The number of ether oxygens (including phenoxy) is 1. The predicted octanol–water partition coefficient (Wildman–Crippen LogP) is 0.523. The molecule has 0 spiro atoms. The lowest BCUT2D eigenvalue weighted by Crippen LogP contribution is -2.25. The number of thioether (sulfide) groups is 1. The molecule has 0 bridgehead atoms. The molecule has 24 heavy (non-hydrogen) atoms. The molecular weight excluding hydrogens is 332 g/mol. The highest BCUT2D eigenvalue weighted by Gasteiger charge is 2.20. The SMILES string of the molecule is Cc1cc(NC(=O)CSc2n[nH]c(=O)n2CC2CCCO2)n(C)n1. The van der Waals surface area contributed by atoms with Crippen molar-refractivity contribution in [3.05, 3.63) is 22.2 Å². The summed E-state index contributed by atoms with van der Waals surface area (Å²) in [6.07, 6.45) is 1.97. The monoisotopic (exact) mass is 352 g/mol. The van der Waals surface area contributed by atoms with Crippen molar-refractivity contribution in [1.82, 2.24) is 24.5 Å². The molecule has 2 aromatic heterocycles. The van der Waals surface area contributed by atoms with Gasteiger partial charge in [-0.15, -0.1) is 5.10 Å². The molecule has 3 heterocycles. The minimum absolute atomic E-state index is 0.0332. The van der Waals surface area contributed by atoms with Gasteiger partial charge in [-0.25, -0.2) is 9.89 Å². The lowest BCUT2D eigenvalue weighted by atomic mass is 10.2. The molecule has 130 valence electrons. The molecule has 9 nitrogen and oxygen atoms in total. The summed E-state index contributed by atoms with van der Waals surface area (Å²) >= 11 is 1.21. The third-order valence-electron chi connectivity index (χ3n) is 3.74. The predicted molar refractivity (Wildman–Crippen MR) is 89.1 cm³/mol. The first kappa shape index (κ1) is 16.8. The van der Waals surface area contributed by atoms with Crippen LogP contribution in [0.3, 0.4) is 0 Å². The molecule has 1 unspecified atom stereocenters. The molecule has 1 amide bonds. The number of hydrogen-bond acceptors (Lipinski definition) is 6. The summed E-state index contributed by atoms with van der Waals surface area (Å²) in [5, 5.41) is 13.9. The second-order valence-corrected chi connectivity index (χ2v) is 6.63. The fourth-order valence-electron chi connectivity index (χ4n) is 2.60. The van der Waals surface area contributed by atoms with Crippen LogP contribution in [0, 0.1) is 6.92 Å². The Morgan fingerprint density at radius 1 is 1.58 bits per heavy atom. The van der Waals surface area contributed by atoms with E-state index in [9.17, 15) is 9.59 Å². The first-order chi connectivity index (χ1) is 11.5. The van der Waals surface area contributed by atoms with Gasteiger partial charge in [0.25, 0.3) is 0 Å². The lowest BCUT2D eigenvalue weighted by Gasteiger charge is -2.11. The number of aromatic nitrogens is 5. The highest BCUT2D eigenvalue weighted by Crippen LogP contribution is 2.18. The maximum Gasteiger partial charge on any atom is 0.344 e. The van der Waals surface area contributed by atoms with Crippen LogP contribution in [0.1, 0.15) is 18.5 Å². The van der Waals surface area contributed by atoms with Gasteiger partial charge in [0.2, 0.25) is 5.91 Å². The van der Waals surface area contributed by atoms with Crippen LogP contribution in [0.25, 0.3) is 0 Å². The summed E-state index contributed by atoms with van der Waals surface area (Å²) in [6, 6.07) is 1.80. The molecule has 1 aliphatic rings. The highest BCUT2D eigenvalue weighted by molar-refractivity contribution is 7.99. The van der Waals surface area contributed by atoms with E-state index >= 15 is 0 Å². The van der Waals surface area contributed by atoms with Gasteiger partial charge in [0, 0.05) is 19.7 Å². The number of H-pyrrole nitrogens is 1. The van der Waals surface area contributed by atoms with Crippen molar-refractivity contribution in [1.29, 1.82) is 0 Å². The number of anilines is 1. The first-order valence-electron chi connectivity index (χ1n) is 7.73. The van der Waals surface area contributed by atoms with Gasteiger partial charge < -0.3 is 10.1 Å². The third kappa shape index (κ3) is 3.88. The van der Waals surface area contributed by atoms with E-state index in [4.69, 9.17) is 4.74 Å². The maximum atomic E-state index is 12.1. The summed E-state index contributed by atoms with van der Waals surface area (Å²) in [5.74, 6) is 0.610. The molecule has 0 aromatic carbocycles. The van der Waals surface area contributed by atoms with Crippen molar-refractivity contribution in [3.8, 4) is 0 Å². The van der Waals surface area contributed by atoms with Crippen LogP contribution in [0.5, 0.6) is 0 Å². The van der Waals surface area contributed by atoms with Gasteiger partial charge in [-0.2, -0.15) is 5.10 Å². The molecule has 1 fully saturated rings. The largest absolute Gasteiger partial charge is 0.376 e. The first-order valence-corrected chi connectivity index (χ1v) is 8.71. The summed E-state index contributed by atoms with van der Waals surface area (Å²) in [4.78, 5) is 24.0. The molecule has 1 aliphatic heterocycles. The minimum Gasteiger partial charge on any atom is -0.376 e. The number of hydrogen-bond donors (Lipinski definition) is 2. The molecule has 0 radical (unpaired) electrons. The molecule has 0 aliphatic carbocycles. The van der Waals surface area contributed by atoms with Crippen molar-refractivity contribution >= 4 is 23.5 Å². The van der Waals surface area contributed by atoms with Gasteiger partial charge in [-0.3, -0.25) is 14.0 Å². The van der Waals surface area contributed by atoms with Crippen LogP contribution in [0.2, 0.25) is 0 Å². The van der Waals surface area contributed by atoms with E-state index in [1.54, 1.807) is 17.8 Å². The van der Waals surface area contributed by atoms with Gasteiger partial charge in [0.05, 0.1) is 24.1 Å². The molecule has 2 aromatic rings.